The number of benzene rings is 2. The fraction of sp³-hybridized carbons (Fsp3) is 0.200. The van der Waals surface area contributed by atoms with E-state index in [1.807, 2.05) is 72.3 Å². The second-order valence-corrected chi connectivity index (χ2v) is 5.79. The number of nitrogens with one attached hydrogen (secondary N) is 1. The largest absolute Gasteiger partial charge is 0.333 e. The monoisotopic (exact) mass is 319 g/mol. The van der Waals surface area contributed by atoms with Crippen LogP contribution >= 0.6 is 0 Å². The lowest BCUT2D eigenvalue weighted by atomic mass is 9.95. The van der Waals surface area contributed by atoms with Crippen molar-refractivity contribution >= 4 is 11.6 Å². The van der Waals surface area contributed by atoms with Crippen LogP contribution < -0.4 is 5.32 Å². The molecule has 0 aliphatic rings. The van der Waals surface area contributed by atoms with Gasteiger partial charge >= 0.3 is 0 Å². The minimum Gasteiger partial charge on any atom is -0.333 e. The molecule has 1 heterocycles. The molecule has 0 aliphatic carbocycles. The highest BCUT2D eigenvalue weighted by molar-refractivity contribution is 5.95. The van der Waals surface area contributed by atoms with Gasteiger partial charge in [-0.2, -0.15) is 0 Å². The van der Waals surface area contributed by atoms with Crippen LogP contribution in [0.3, 0.4) is 0 Å². The van der Waals surface area contributed by atoms with Gasteiger partial charge in [0.2, 0.25) is 5.91 Å². The molecule has 0 radical (unpaired) electrons. The summed E-state index contributed by atoms with van der Waals surface area (Å²) in [5, 5.41) is 3.02. The van der Waals surface area contributed by atoms with Crippen molar-refractivity contribution in [3.05, 3.63) is 84.4 Å². The van der Waals surface area contributed by atoms with Gasteiger partial charge < -0.3 is 9.88 Å². The molecule has 1 amide bonds. The Kier molecular flexibility index (Phi) is 5.06. The summed E-state index contributed by atoms with van der Waals surface area (Å²) in [6.07, 6.45) is 6.26. The first-order chi connectivity index (χ1) is 11.8. The lowest BCUT2D eigenvalue weighted by molar-refractivity contribution is -0.117. The minimum absolute atomic E-state index is 0.0334. The molecule has 3 aromatic rings. The van der Waals surface area contributed by atoms with E-state index >= 15 is 0 Å². The average molecular weight is 319 g/mol. The van der Waals surface area contributed by atoms with Gasteiger partial charge in [-0.25, -0.2) is 4.98 Å². The third-order valence-electron chi connectivity index (χ3n) is 4.07. The summed E-state index contributed by atoms with van der Waals surface area (Å²) >= 11 is 0. The van der Waals surface area contributed by atoms with E-state index in [0.29, 0.717) is 0 Å². The van der Waals surface area contributed by atoms with Crippen molar-refractivity contribution in [3.8, 4) is 0 Å². The maximum absolute atomic E-state index is 12.6. The van der Waals surface area contributed by atoms with E-state index in [0.717, 1.165) is 24.2 Å². The van der Waals surface area contributed by atoms with E-state index in [4.69, 9.17) is 0 Å². The van der Waals surface area contributed by atoms with Crippen LogP contribution in [0.25, 0.3) is 0 Å². The van der Waals surface area contributed by atoms with E-state index in [9.17, 15) is 4.79 Å². The van der Waals surface area contributed by atoms with E-state index in [1.54, 1.807) is 12.5 Å². The molecular formula is C20H21N3O. The van der Waals surface area contributed by atoms with Gasteiger partial charge in [0.1, 0.15) is 0 Å². The summed E-state index contributed by atoms with van der Waals surface area (Å²) in [5.74, 6) is -0.0946. The van der Waals surface area contributed by atoms with Crippen LogP contribution in [-0.4, -0.2) is 15.5 Å². The zero-order chi connectivity index (χ0) is 16.8. The van der Waals surface area contributed by atoms with Gasteiger partial charge in [0, 0.05) is 24.6 Å². The third kappa shape index (κ3) is 3.90. The molecule has 4 nitrogen and oxygen atoms in total. The summed E-state index contributed by atoms with van der Waals surface area (Å²) in [5.41, 5.74) is 3.04. The smallest absolute Gasteiger partial charge is 0.231 e. The summed E-state index contributed by atoms with van der Waals surface area (Å²) in [4.78, 5) is 16.6. The fourth-order valence-electron chi connectivity index (χ4n) is 2.77. The molecule has 1 aromatic heterocycles. The molecule has 0 fully saturated rings. The fourth-order valence-corrected chi connectivity index (χ4v) is 2.77. The number of carbonyl (C=O) groups excluding carboxylic acids is 1. The lowest BCUT2D eigenvalue weighted by Gasteiger charge is -2.15. The number of hydrogen-bond acceptors (Lipinski definition) is 2. The quantitative estimate of drug-likeness (QED) is 0.744. The molecule has 122 valence electrons. The molecule has 0 spiro atoms. The van der Waals surface area contributed by atoms with Crippen LogP contribution in [0.1, 0.15) is 30.4 Å². The highest BCUT2D eigenvalue weighted by atomic mass is 16.1. The lowest BCUT2D eigenvalue weighted by Crippen LogP contribution is -2.20. The topological polar surface area (TPSA) is 46.9 Å². The Labute approximate surface area is 142 Å². The standard InChI is InChI=1S/C20H21N3O/c1-2-19(17-6-4-3-5-7-17)20(24)22-18-10-8-16(9-11-18)14-23-13-12-21-15-23/h3-13,15,19H,2,14H2,1H3,(H,22,24)/t19-/m1/s1. The van der Waals surface area contributed by atoms with Crippen molar-refractivity contribution in [3.63, 3.8) is 0 Å². The SMILES string of the molecule is CC[C@@H](C(=O)Nc1ccc(Cn2ccnc2)cc1)c1ccccc1. The first-order valence-corrected chi connectivity index (χ1v) is 8.16. The van der Waals surface area contributed by atoms with Gasteiger partial charge in [0.25, 0.3) is 0 Å². The van der Waals surface area contributed by atoms with Crippen LogP contribution in [0.2, 0.25) is 0 Å². The van der Waals surface area contributed by atoms with Gasteiger partial charge in [0.05, 0.1) is 12.2 Å². The average Bonchev–Trinajstić information content (AvgIpc) is 3.11. The van der Waals surface area contributed by atoms with Gasteiger partial charge in [-0.1, -0.05) is 49.4 Å². The second kappa shape index (κ2) is 7.59. The van der Waals surface area contributed by atoms with E-state index in [1.165, 1.54) is 5.56 Å². The Balaban J connectivity index is 1.65. The maximum atomic E-state index is 12.6. The summed E-state index contributed by atoms with van der Waals surface area (Å²) in [6.45, 7) is 2.81. The van der Waals surface area contributed by atoms with Crippen molar-refractivity contribution in [1.29, 1.82) is 0 Å². The van der Waals surface area contributed by atoms with Crippen LogP contribution in [-0.2, 0) is 11.3 Å². The third-order valence-corrected chi connectivity index (χ3v) is 4.07. The van der Waals surface area contributed by atoms with E-state index in [-0.39, 0.29) is 11.8 Å². The number of aromatic nitrogens is 2. The van der Waals surface area contributed by atoms with E-state index < -0.39 is 0 Å². The van der Waals surface area contributed by atoms with Gasteiger partial charge in [0.15, 0.2) is 0 Å². The predicted molar refractivity (Wildman–Crippen MR) is 95.9 cm³/mol. The summed E-state index contributed by atoms with van der Waals surface area (Å²) < 4.78 is 2.01. The van der Waals surface area contributed by atoms with Crippen LogP contribution in [0.5, 0.6) is 0 Å². The van der Waals surface area contributed by atoms with Crippen molar-refractivity contribution in [2.75, 3.05) is 5.32 Å². The Morgan fingerprint density at radius 1 is 1.12 bits per heavy atom. The molecule has 0 unspecified atom stereocenters. The molecule has 0 aliphatic heterocycles. The molecule has 24 heavy (non-hydrogen) atoms. The molecule has 1 N–H and O–H groups in total. The molecule has 0 saturated carbocycles. The van der Waals surface area contributed by atoms with E-state index in [2.05, 4.69) is 10.3 Å². The maximum Gasteiger partial charge on any atom is 0.231 e. The molecule has 1 atom stereocenters. The van der Waals surface area contributed by atoms with Crippen molar-refractivity contribution in [1.82, 2.24) is 9.55 Å². The number of anilines is 1. The Morgan fingerprint density at radius 3 is 2.50 bits per heavy atom. The van der Waals surface area contributed by atoms with Crippen LogP contribution in [0.4, 0.5) is 5.69 Å². The first kappa shape index (κ1) is 16.0. The molecule has 2 aromatic carbocycles. The molecule has 0 bridgehead atoms. The van der Waals surface area contributed by atoms with Crippen molar-refractivity contribution in [2.45, 2.75) is 25.8 Å². The van der Waals surface area contributed by atoms with Gasteiger partial charge in [-0.05, 0) is 29.7 Å². The molecule has 4 heteroatoms. The Hall–Kier alpha value is -2.88. The second-order valence-electron chi connectivity index (χ2n) is 5.79. The highest BCUT2D eigenvalue weighted by Gasteiger charge is 2.18. The zero-order valence-corrected chi connectivity index (χ0v) is 13.7. The number of imidazole rings is 1. The number of rotatable bonds is 6. The van der Waals surface area contributed by atoms with Crippen molar-refractivity contribution in [2.24, 2.45) is 0 Å². The Bertz CT molecular complexity index is 764. The molecule has 0 saturated heterocycles. The molecular weight excluding hydrogens is 298 g/mol. The summed E-state index contributed by atoms with van der Waals surface area (Å²) in [6, 6.07) is 17.9. The number of nitrogens with zero attached hydrogens (tertiary/aromatic N) is 2. The normalized spacial score (nSPS) is 11.9. The Morgan fingerprint density at radius 2 is 1.88 bits per heavy atom. The van der Waals surface area contributed by atoms with Gasteiger partial charge in [-0.15, -0.1) is 0 Å². The zero-order valence-electron chi connectivity index (χ0n) is 13.7. The van der Waals surface area contributed by atoms with Crippen LogP contribution in [0, 0.1) is 0 Å². The predicted octanol–water partition coefficient (Wildman–Crippen LogP) is 4.06. The number of carbonyl (C=O) groups is 1. The van der Waals surface area contributed by atoms with Crippen LogP contribution in [0.15, 0.2) is 73.3 Å². The molecule has 3 rings (SSSR count). The highest BCUT2D eigenvalue weighted by Crippen LogP contribution is 2.21. The number of amides is 1. The van der Waals surface area contributed by atoms with Gasteiger partial charge in [-0.3, -0.25) is 4.79 Å². The van der Waals surface area contributed by atoms with Crippen molar-refractivity contribution < 1.29 is 4.79 Å². The minimum atomic E-state index is -0.128. The number of hydrogen-bond donors (Lipinski definition) is 1. The summed E-state index contributed by atoms with van der Waals surface area (Å²) in [7, 11) is 0. The first-order valence-electron chi connectivity index (χ1n) is 8.16.